The predicted molar refractivity (Wildman–Crippen MR) is 124 cm³/mol. The average Bonchev–Trinajstić information content (AvgIpc) is 3.10. The third-order valence-corrected chi connectivity index (χ3v) is 6.96. The van der Waals surface area contributed by atoms with Crippen LogP contribution in [-0.2, 0) is 29.1 Å². The number of hydrogen-bond acceptors (Lipinski definition) is 5. The molecule has 2 bridgehead atoms. The van der Waals surface area contributed by atoms with E-state index in [0.29, 0.717) is 11.4 Å². The Bertz CT molecular complexity index is 1340. The maximum absolute atomic E-state index is 13.6. The molecular weight excluding hydrogens is 470 g/mol. The number of amides is 2. The van der Waals surface area contributed by atoms with Gasteiger partial charge in [-0.15, -0.1) is 0 Å². The van der Waals surface area contributed by atoms with Gasteiger partial charge in [0.25, 0.3) is 5.56 Å². The lowest BCUT2D eigenvalue weighted by molar-refractivity contribution is -0.136. The van der Waals surface area contributed by atoms with Gasteiger partial charge in [-0.1, -0.05) is 12.1 Å². The highest BCUT2D eigenvalue weighted by Gasteiger charge is 2.57. The molecule has 0 spiro atoms. The number of aliphatic hydroxyl groups is 1. The van der Waals surface area contributed by atoms with Crippen LogP contribution in [-0.4, -0.2) is 44.0 Å². The smallest absolute Gasteiger partial charge is 0.250 e. The maximum Gasteiger partial charge on any atom is 0.250 e. The maximum atomic E-state index is 13.6. The van der Waals surface area contributed by atoms with Crippen molar-refractivity contribution in [3.8, 4) is 0 Å². The zero-order valence-corrected chi connectivity index (χ0v) is 19.2. The molecule has 186 valence electrons. The molecule has 1 fully saturated rings. The van der Waals surface area contributed by atoms with E-state index in [0.717, 1.165) is 18.2 Å². The number of halogens is 2. The molecule has 36 heavy (non-hydrogen) atoms. The van der Waals surface area contributed by atoms with Crippen molar-refractivity contribution in [2.45, 2.75) is 31.6 Å². The topological polar surface area (TPSA) is 105 Å². The summed E-state index contributed by atoms with van der Waals surface area (Å²) in [6.45, 7) is -0.378. The first-order chi connectivity index (χ1) is 17.4. The third kappa shape index (κ3) is 4.28. The summed E-state index contributed by atoms with van der Waals surface area (Å²) >= 11 is 0. The zero-order valence-electron chi connectivity index (χ0n) is 19.2. The van der Waals surface area contributed by atoms with Crippen LogP contribution in [0.3, 0.4) is 0 Å². The van der Waals surface area contributed by atoms with E-state index >= 15 is 0 Å². The standard InChI is InChI=1S/C26H24F2N4O4/c27-16-8-15(9-17(28)10-16)12-30-26(36)24-19(14-33)21-13-31-20(5-3-6-22(31)34)25(24)32(21)23(35)11-18-4-1-2-7-29-18/h1-10,19,21,24-25,33H,11-14H2,(H,30,36)/t19-,21-,24+,25+/m0/s1. The molecule has 2 aliphatic rings. The Hall–Kier alpha value is -3.92. The van der Waals surface area contributed by atoms with Crippen molar-refractivity contribution >= 4 is 11.8 Å². The Balaban J connectivity index is 1.49. The number of fused-ring (bicyclic) bond motifs is 4. The summed E-state index contributed by atoms with van der Waals surface area (Å²) < 4.78 is 28.7. The first-order valence-corrected chi connectivity index (χ1v) is 11.6. The Labute approximate surface area is 205 Å². The van der Waals surface area contributed by atoms with Gasteiger partial charge < -0.3 is 19.9 Å². The fourth-order valence-electron chi connectivity index (χ4n) is 5.47. The second-order valence-electron chi connectivity index (χ2n) is 9.08. The minimum Gasteiger partial charge on any atom is -0.396 e. The molecule has 2 amide bonds. The lowest BCUT2D eigenvalue weighted by Gasteiger charge is -2.38. The summed E-state index contributed by atoms with van der Waals surface area (Å²) in [7, 11) is 0. The van der Waals surface area contributed by atoms with E-state index in [9.17, 15) is 28.3 Å². The third-order valence-electron chi connectivity index (χ3n) is 6.96. The van der Waals surface area contributed by atoms with Crippen molar-refractivity contribution in [2.75, 3.05) is 6.61 Å². The van der Waals surface area contributed by atoms with Gasteiger partial charge >= 0.3 is 0 Å². The minimum absolute atomic E-state index is 0.0000373. The molecule has 5 rings (SSSR count). The number of hydrogen-bond donors (Lipinski definition) is 2. The van der Waals surface area contributed by atoms with Crippen molar-refractivity contribution < 1.29 is 23.5 Å². The molecule has 0 aliphatic carbocycles. The predicted octanol–water partition coefficient (Wildman–Crippen LogP) is 1.57. The average molecular weight is 494 g/mol. The summed E-state index contributed by atoms with van der Waals surface area (Å²) in [5.41, 5.74) is 1.04. The molecular formula is C26H24F2N4O4. The summed E-state index contributed by atoms with van der Waals surface area (Å²) in [5, 5.41) is 13.0. The summed E-state index contributed by atoms with van der Waals surface area (Å²) in [4.78, 5) is 45.4. The number of carbonyl (C=O) groups excluding carboxylic acids is 2. The second kappa shape index (κ2) is 9.62. The van der Waals surface area contributed by atoms with Crippen LogP contribution < -0.4 is 10.9 Å². The van der Waals surface area contributed by atoms with Crippen LogP contribution in [0.1, 0.15) is 23.0 Å². The van der Waals surface area contributed by atoms with Crippen molar-refractivity contribution in [1.82, 2.24) is 19.8 Å². The molecule has 0 unspecified atom stereocenters. The summed E-state index contributed by atoms with van der Waals surface area (Å²) in [5.74, 6) is -3.79. The van der Waals surface area contributed by atoms with Crippen molar-refractivity contribution in [3.05, 3.63) is 99.7 Å². The van der Waals surface area contributed by atoms with E-state index < -0.39 is 41.5 Å². The van der Waals surface area contributed by atoms with Crippen LogP contribution in [0.5, 0.6) is 0 Å². The monoisotopic (exact) mass is 494 g/mol. The van der Waals surface area contributed by atoms with Gasteiger partial charge in [0.05, 0.1) is 24.4 Å². The van der Waals surface area contributed by atoms with E-state index in [4.69, 9.17) is 0 Å². The van der Waals surface area contributed by atoms with Crippen LogP contribution in [0, 0.1) is 23.5 Å². The van der Waals surface area contributed by atoms with Gasteiger partial charge in [-0.3, -0.25) is 19.4 Å². The number of nitrogens with one attached hydrogen (secondary N) is 1. The molecule has 1 saturated heterocycles. The minimum atomic E-state index is -0.873. The van der Waals surface area contributed by atoms with Gasteiger partial charge in [-0.25, -0.2) is 8.78 Å². The zero-order chi connectivity index (χ0) is 25.4. The number of pyridine rings is 2. The Morgan fingerprint density at radius 1 is 1.08 bits per heavy atom. The van der Waals surface area contributed by atoms with Crippen LogP contribution in [0.2, 0.25) is 0 Å². The number of aliphatic hydroxyl groups excluding tert-OH is 1. The summed E-state index contributed by atoms with van der Waals surface area (Å²) in [6.07, 6.45) is 1.59. The van der Waals surface area contributed by atoms with E-state index in [-0.39, 0.29) is 43.1 Å². The highest BCUT2D eigenvalue weighted by molar-refractivity contribution is 5.85. The molecule has 2 aliphatic heterocycles. The van der Waals surface area contributed by atoms with Crippen molar-refractivity contribution in [3.63, 3.8) is 0 Å². The highest BCUT2D eigenvalue weighted by Crippen LogP contribution is 2.48. The lowest BCUT2D eigenvalue weighted by Crippen LogP contribution is -2.49. The fraction of sp³-hybridized carbons (Fsp3) is 0.308. The first-order valence-electron chi connectivity index (χ1n) is 11.6. The van der Waals surface area contributed by atoms with Gasteiger partial charge in [0, 0.05) is 55.3 Å². The molecule has 4 heterocycles. The number of nitrogens with zero attached hydrogens (tertiary/aromatic N) is 3. The van der Waals surface area contributed by atoms with Crippen LogP contribution >= 0.6 is 0 Å². The Morgan fingerprint density at radius 3 is 2.56 bits per heavy atom. The number of rotatable bonds is 6. The lowest BCUT2D eigenvalue weighted by atomic mass is 9.86. The fourth-order valence-corrected chi connectivity index (χ4v) is 5.47. The van der Waals surface area contributed by atoms with Crippen LogP contribution in [0.4, 0.5) is 8.78 Å². The van der Waals surface area contributed by atoms with E-state index in [1.165, 1.54) is 10.6 Å². The van der Waals surface area contributed by atoms with Crippen molar-refractivity contribution in [1.29, 1.82) is 0 Å². The van der Waals surface area contributed by atoms with Crippen LogP contribution in [0.15, 0.2) is 65.6 Å². The van der Waals surface area contributed by atoms with Gasteiger partial charge in [0.2, 0.25) is 11.8 Å². The molecule has 0 saturated carbocycles. The molecule has 3 aromatic rings. The molecule has 1 aromatic carbocycles. The Kier molecular flexibility index (Phi) is 6.36. The first kappa shape index (κ1) is 23.8. The highest BCUT2D eigenvalue weighted by atomic mass is 19.1. The number of aromatic nitrogens is 2. The van der Waals surface area contributed by atoms with Gasteiger partial charge in [-0.2, -0.15) is 0 Å². The van der Waals surface area contributed by atoms with Crippen molar-refractivity contribution in [2.24, 2.45) is 11.8 Å². The van der Waals surface area contributed by atoms with Gasteiger partial charge in [-0.05, 0) is 35.9 Å². The molecule has 2 aromatic heterocycles. The molecule has 4 atom stereocenters. The summed E-state index contributed by atoms with van der Waals surface area (Å²) in [6, 6.07) is 11.5. The van der Waals surface area contributed by atoms with Gasteiger partial charge in [0.15, 0.2) is 0 Å². The Morgan fingerprint density at radius 2 is 1.86 bits per heavy atom. The second-order valence-corrected chi connectivity index (χ2v) is 9.08. The number of carbonyl (C=O) groups is 2. The SMILES string of the molecule is O=C(NCc1cc(F)cc(F)c1)[C@@H]1[C@@H](CO)[C@@H]2Cn3c(cccc3=O)[C@H]1N2C(=O)Cc1ccccn1. The quantitative estimate of drug-likeness (QED) is 0.542. The molecule has 0 radical (unpaired) electrons. The molecule has 8 nitrogen and oxygen atoms in total. The molecule has 10 heteroatoms. The normalized spacial score (nSPS) is 22.2. The largest absolute Gasteiger partial charge is 0.396 e. The van der Waals surface area contributed by atoms with Gasteiger partial charge in [0.1, 0.15) is 11.6 Å². The van der Waals surface area contributed by atoms with E-state index in [1.54, 1.807) is 41.4 Å². The van der Waals surface area contributed by atoms with E-state index in [1.807, 2.05) is 0 Å². The van der Waals surface area contributed by atoms with E-state index in [2.05, 4.69) is 10.3 Å². The number of benzene rings is 1. The van der Waals surface area contributed by atoms with Crippen LogP contribution in [0.25, 0.3) is 0 Å². The molecule has 2 N–H and O–H groups in total.